The zero-order valence-corrected chi connectivity index (χ0v) is 19.5. The van der Waals surface area contributed by atoms with Crippen LogP contribution in [-0.4, -0.2) is 65.3 Å². The van der Waals surface area contributed by atoms with Gasteiger partial charge in [-0.25, -0.2) is 0 Å². The molecule has 2 aromatic rings. The van der Waals surface area contributed by atoms with Gasteiger partial charge in [-0.3, -0.25) is 9.88 Å². The van der Waals surface area contributed by atoms with E-state index in [2.05, 4.69) is 46.1 Å². The summed E-state index contributed by atoms with van der Waals surface area (Å²) < 4.78 is 6.11. The smallest absolute Gasteiger partial charge is 0.123 e. The number of likely N-dealkylation sites (tertiary alicyclic amines) is 1. The number of pyridine rings is 1. The van der Waals surface area contributed by atoms with Crippen molar-refractivity contribution in [1.29, 1.82) is 0 Å². The second-order valence-electron chi connectivity index (χ2n) is 9.63. The van der Waals surface area contributed by atoms with Crippen molar-refractivity contribution in [3.8, 4) is 5.75 Å². The molecule has 1 aromatic heterocycles. The molecule has 174 valence electrons. The number of hydrogen-bond acceptors (Lipinski definition) is 5. The lowest BCUT2D eigenvalue weighted by Crippen LogP contribution is -2.40. The molecule has 5 nitrogen and oxygen atoms in total. The predicted octanol–water partition coefficient (Wildman–Crippen LogP) is 4.47. The van der Waals surface area contributed by atoms with E-state index in [1.165, 1.54) is 56.1 Å². The highest BCUT2D eigenvalue weighted by Crippen LogP contribution is 2.29. The standard InChI is InChI=1S/C27H39N3O2/c1-29(25-8-3-2-4-9-25)20-26(31)21-32-27-10-6-5-7-24(27)19-30-17-13-23(14-18-30)22-11-15-28-16-12-22/h5-7,10-12,15-16,23,25-26,31H,2-4,8-9,13-14,17-21H2,1H3/t26-/m0/s1. The van der Waals surface area contributed by atoms with Crippen LogP contribution in [0.1, 0.15) is 62.0 Å². The second kappa shape index (κ2) is 11.8. The summed E-state index contributed by atoms with van der Waals surface area (Å²) in [7, 11) is 2.14. The van der Waals surface area contributed by atoms with E-state index in [1.807, 2.05) is 24.5 Å². The van der Waals surface area contributed by atoms with Gasteiger partial charge in [-0.15, -0.1) is 0 Å². The maximum absolute atomic E-state index is 10.6. The third-order valence-corrected chi connectivity index (χ3v) is 7.26. The van der Waals surface area contributed by atoms with Crippen molar-refractivity contribution in [3.63, 3.8) is 0 Å². The minimum absolute atomic E-state index is 0.345. The Kier molecular flexibility index (Phi) is 8.55. The molecule has 1 saturated heterocycles. The summed E-state index contributed by atoms with van der Waals surface area (Å²) in [4.78, 5) is 8.99. The van der Waals surface area contributed by atoms with Gasteiger partial charge in [0.05, 0.1) is 0 Å². The van der Waals surface area contributed by atoms with Crippen LogP contribution in [0.4, 0.5) is 0 Å². The summed E-state index contributed by atoms with van der Waals surface area (Å²) in [6, 6.07) is 13.2. The molecular formula is C27H39N3O2. The maximum Gasteiger partial charge on any atom is 0.123 e. The fraction of sp³-hybridized carbons (Fsp3) is 0.593. The third-order valence-electron chi connectivity index (χ3n) is 7.26. The first-order chi connectivity index (χ1) is 15.7. The predicted molar refractivity (Wildman–Crippen MR) is 129 cm³/mol. The highest BCUT2D eigenvalue weighted by Gasteiger charge is 2.22. The van der Waals surface area contributed by atoms with Gasteiger partial charge in [0.2, 0.25) is 0 Å². The van der Waals surface area contributed by atoms with Crippen molar-refractivity contribution >= 4 is 0 Å². The number of aliphatic hydroxyl groups excluding tert-OH is 1. The van der Waals surface area contributed by atoms with Crippen LogP contribution in [0.15, 0.2) is 48.8 Å². The minimum atomic E-state index is -0.467. The number of hydrogen-bond donors (Lipinski definition) is 1. The third kappa shape index (κ3) is 6.53. The van der Waals surface area contributed by atoms with Crippen molar-refractivity contribution in [3.05, 3.63) is 59.9 Å². The fourth-order valence-corrected chi connectivity index (χ4v) is 5.32. The number of benzene rings is 1. The van der Waals surface area contributed by atoms with E-state index in [1.54, 1.807) is 0 Å². The van der Waals surface area contributed by atoms with Gasteiger partial charge >= 0.3 is 0 Å². The summed E-state index contributed by atoms with van der Waals surface area (Å²) >= 11 is 0. The number of piperidine rings is 1. The molecule has 1 aliphatic heterocycles. The van der Waals surface area contributed by atoms with Crippen molar-refractivity contribution in [1.82, 2.24) is 14.8 Å². The van der Waals surface area contributed by atoms with E-state index in [9.17, 15) is 5.11 Å². The van der Waals surface area contributed by atoms with Crippen LogP contribution >= 0.6 is 0 Å². The van der Waals surface area contributed by atoms with E-state index < -0.39 is 6.10 Å². The van der Waals surface area contributed by atoms with E-state index in [0.29, 0.717) is 25.1 Å². The van der Waals surface area contributed by atoms with Gasteiger partial charge in [0.15, 0.2) is 0 Å². The molecule has 2 heterocycles. The van der Waals surface area contributed by atoms with Gasteiger partial charge in [-0.05, 0) is 75.5 Å². The van der Waals surface area contributed by atoms with E-state index in [0.717, 1.165) is 25.4 Å². The molecule has 0 radical (unpaired) electrons. The lowest BCUT2D eigenvalue weighted by molar-refractivity contribution is 0.0555. The Morgan fingerprint density at radius 2 is 1.75 bits per heavy atom. The van der Waals surface area contributed by atoms with Gasteiger partial charge in [-0.2, -0.15) is 0 Å². The number of nitrogens with zero attached hydrogens (tertiary/aromatic N) is 3. The molecule has 1 saturated carbocycles. The Labute approximate surface area is 193 Å². The quantitative estimate of drug-likeness (QED) is 0.627. The Balaban J connectivity index is 1.25. The number of aromatic nitrogens is 1. The molecule has 0 bridgehead atoms. The molecule has 1 atom stereocenters. The van der Waals surface area contributed by atoms with Crippen molar-refractivity contribution in [2.24, 2.45) is 0 Å². The Morgan fingerprint density at radius 1 is 1.03 bits per heavy atom. The minimum Gasteiger partial charge on any atom is -0.491 e. The Morgan fingerprint density at radius 3 is 2.50 bits per heavy atom. The van der Waals surface area contributed by atoms with Crippen molar-refractivity contribution in [2.75, 3.05) is 33.3 Å². The highest BCUT2D eigenvalue weighted by molar-refractivity contribution is 5.33. The molecule has 1 aromatic carbocycles. The summed E-state index contributed by atoms with van der Waals surface area (Å²) in [5.41, 5.74) is 2.62. The van der Waals surface area contributed by atoms with Crippen LogP contribution in [0.2, 0.25) is 0 Å². The molecule has 4 rings (SSSR count). The van der Waals surface area contributed by atoms with Crippen LogP contribution in [0.5, 0.6) is 5.75 Å². The van der Waals surface area contributed by atoms with E-state index in [-0.39, 0.29) is 0 Å². The number of aliphatic hydroxyl groups is 1. The SMILES string of the molecule is CN(C[C@H](O)COc1ccccc1CN1CCC(c2ccncc2)CC1)C1CCCCC1. The first-order valence-electron chi connectivity index (χ1n) is 12.4. The Bertz CT molecular complexity index is 802. The molecule has 0 amide bonds. The van der Waals surface area contributed by atoms with Crippen LogP contribution in [0, 0.1) is 0 Å². The monoisotopic (exact) mass is 437 g/mol. The zero-order chi connectivity index (χ0) is 22.2. The van der Waals surface area contributed by atoms with Gasteiger partial charge in [0.25, 0.3) is 0 Å². The summed E-state index contributed by atoms with van der Waals surface area (Å²) in [5.74, 6) is 1.54. The topological polar surface area (TPSA) is 48.8 Å². The zero-order valence-electron chi connectivity index (χ0n) is 19.5. The molecule has 0 unspecified atom stereocenters. The molecule has 1 aliphatic carbocycles. The molecular weight excluding hydrogens is 398 g/mol. The van der Waals surface area contributed by atoms with E-state index >= 15 is 0 Å². The van der Waals surface area contributed by atoms with Crippen molar-refractivity contribution < 1.29 is 9.84 Å². The molecule has 2 fully saturated rings. The number of rotatable bonds is 9. The molecule has 1 N–H and O–H groups in total. The van der Waals surface area contributed by atoms with Crippen molar-refractivity contribution in [2.45, 2.75) is 69.6 Å². The van der Waals surface area contributed by atoms with Crippen LogP contribution < -0.4 is 4.74 Å². The molecule has 5 heteroatoms. The normalized spacial score (nSPS) is 19.8. The van der Waals surface area contributed by atoms with Gasteiger partial charge in [-0.1, -0.05) is 37.5 Å². The fourth-order valence-electron chi connectivity index (χ4n) is 5.32. The van der Waals surface area contributed by atoms with Gasteiger partial charge in [0, 0.05) is 37.1 Å². The largest absolute Gasteiger partial charge is 0.491 e. The van der Waals surface area contributed by atoms with Gasteiger partial charge < -0.3 is 14.7 Å². The number of likely N-dealkylation sites (N-methyl/N-ethyl adjacent to an activating group) is 1. The summed E-state index contributed by atoms with van der Waals surface area (Å²) in [5, 5.41) is 10.6. The Hall–Kier alpha value is -1.95. The van der Waals surface area contributed by atoms with Crippen LogP contribution in [-0.2, 0) is 6.54 Å². The number of para-hydroxylation sites is 1. The maximum atomic E-state index is 10.6. The summed E-state index contributed by atoms with van der Waals surface area (Å²) in [6.45, 7) is 4.11. The van der Waals surface area contributed by atoms with E-state index in [4.69, 9.17) is 4.74 Å². The highest BCUT2D eigenvalue weighted by atomic mass is 16.5. The first kappa shape index (κ1) is 23.2. The second-order valence-corrected chi connectivity index (χ2v) is 9.63. The summed E-state index contributed by atoms with van der Waals surface area (Å²) in [6.07, 6.45) is 12.2. The molecule has 32 heavy (non-hydrogen) atoms. The van der Waals surface area contributed by atoms with Gasteiger partial charge in [0.1, 0.15) is 18.5 Å². The first-order valence-corrected chi connectivity index (χ1v) is 12.4. The van der Waals surface area contributed by atoms with Crippen LogP contribution in [0.25, 0.3) is 0 Å². The van der Waals surface area contributed by atoms with Crippen LogP contribution in [0.3, 0.4) is 0 Å². The average Bonchev–Trinajstić information content (AvgIpc) is 2.85. The number of ether oxygens (including phenoxy) is 1. The lowest BCUT2D eigenvalue weighted by Gasteiger charge is -2.33. The average molecular weight is 438 g/mol. The molecule has 0 spiro atoms. The molecule has 2 aliphatic rings. The lowest BCUT2D eigenvalue weighted by atomic mass is 9.90.